The maximum absolute atomic E-state index is 12.3. The van der Waals surface area contributed by atoms with E-state index < -0.39 is 0 Å². The van der Waals surface area contributed by atoms with Crippen LogP contribution in [0.15, 0.2) is 0 Å². The summed E-state index contributed by atoms with van der Waals surface area (Å²) >= 11 is 0. The molecule has 0 radical (unpaired) electrons. The van der Waals surface area contributed by atoms with E-state index in [0.717, 1.165) is 17.8 Å². The van der Waals surface area contributed by atoms with Crippen LogP contribution in [0.25, 0.3) is 0 Å². The monoisotopic (exact) mass is 262 g/mol. The third-order valence-corrected chi connectivity index (χ3v) is 6.11. The van der Waals surface area contributed by atoms with Crippen LogP contribution in [0.5, 0.6) is 0 Å². The van der Waals surface area contributed by atoms with Crippen LogP contribution in [0, 0.1) is 23.7 Å². The minimum atomic E-state index is -0.305. The van der Waals surface area contributed by atoms with E-state index in [1.165, 1.54) is 38.5 Å². The van der Waals surface area contributed by atoms with Gasteiger partial charge in [0.15, 0.2) is 0 Å². The van der Waals surface area contributed by atoms with Crippen molar-refractivity contribution in [3.63, 3.8) is 0 Å². The first-order valence-electron chi connectivity index (χ1n) is 7.65. The molecule has 4 bridgehead atoms. The van der Waals surface area contributed by atoms with Crippen molar-refractivity contribution in [2.24, 2.45) is 29.4 Å². The molecule has 5 aliphatic rings. The number of hydrogen-bond donors (Lipinski definition) is 1. The lowest BCUT2D eigenvalue weighted by Crippen LogP contribution is -2.60. The van der Waals surface area contributed by atoms with Crippen LogP contribution in [0.4, 0.5) is 0 Å². The maximum Gasteiger partial charge on any atom is 0.223 e. The Morgan fingerprint density at radius 2 is 1.63 bits per heavy atom. The summed E-state index contributed by atoms with van der Waals surface area (Å²) in [6, 6.07) is 0. The minimum absolute atomic E-state index is 0.0933. The maximum atomic E-state index is 12.3. The number of nitrogens with zero attached hydrogens (tertiary/aromatic N) is 1. The zero-order valence-corrected chi connectivity index (χ0v) is 11.3. The SMILES string of the molecule is NC(=O)[C@@H]1CC(=O)N(C23CC4CC(CC(C4)C2)C3)C1. The van der Waals surface area contributed by atoms with Crippen LogP contribution in [0.3, 0.4) is 0 Å². The molecule has 1 atom stereocenters. The van der Waals surface area contributed by atoms with Gasteiger partial charge in [0, 0.05) is 18.5 Å². The Morgan fingerprint density at radius 1 is 1.11 bits per heavy atom. The fraction of sp³-hybridized carbons (Fsp3) is 0.867. The van der Waals surface area contributed by atoms with E-state index in [1.807, 2.05) is 0 Å². The molecule has 4 saturated carbocycles. The summed E-state index contributed by atoms with van der Waals surface area (Å²) in [4.78, 5) is 25.7. The van der Waals surface area contributed by atoms with Crippen molar-refractivity contribution in [3.05, 3.63) is 0 Å². The Bertz CT molecular complexity index is 410. The van der Waals surface area contributed by atoms with Crippen molar-refractivity contribution in [1.29, 1.82) is 0 Å². The molecule has 5 rings (SSSR count). The second-order valence-corrected chi connectivity index (χ2v) is 7.45. The summed E-state index contributed by atoms with van der Waals surface area (Å²) in [7, 11) is 0. The highest BCUT2D eigenvalue weighted by atomic mass is 16.2. The number of hydrogen-bond acceptors (Lipinski definition) is 2. The highest BCUT2D eigenvalue weighted by molar-refractivity contribution is 5.88. The zero-order valence-electron chi connectivity index (χ0n) is 11.3. The van der Waals surface area contributed by atoms with Crippen molar-refractivity contribution in [1.82, 2.24) is 4.90 Å². The largest absolute Gasteiger partial charge is 0.369 e. The van der Waals surface area contributed by atoms with Gasteiger partial charge in [0.25, 0.3) is 0 Å². The molecule has 4 heteroatoms. The van der Waals surface area contributed by atoms with Gasteiger partial charge in [0.05, 0.1) is 5.92 Å². The Kier molecular flexibility index (Phi) is 2.31. The van der Waals surface area contributed by atoms with E-state index in [1.54, 1.807) is 0 Å². The van der Waals surface area contributed by atoms with Gasteiger partial charge in [-0.2, -0.15) is 0 Å². The molecule has 2 N–H and O–H groups in total. The number of carbonyl (C=O) groups is 2. The van der Waals surface area contributed by atoms with Crippen LogP contribution in [-0.2, 0) is 9.59 Å². The molecule has 1 saturated heterocycles. The summed E-state index contributed by atoms with van der Waals surface area (Å²) in [6.45, 7) is 0.584. The second kappa shape index (κ2) is 3.74. The van der Waals surface area contributed by atoms with Gasteiger partial charge in [-0.15, -0.1) is 0 Å². The molecule has 19 heavy (non-hydrogen) atoms. The van der Waals surface area contributed by atoms with Crippen LogP contribution < -0.4 is 5.73 Å². The number of likely N-dealkylation sites (tertiary alicyclic amines) is 1. The van der Waals surface area contributed by atoms with Gasteiger partial charge in [-0.1, -0.05) is 0 Å². The topological polar surface area (TPSA) is 63.4 Å². The average Bonchev–Trinajstić information content (AvgIpc) is 2.70. The summed E-state index contributed by atoms with van der Waals surface area (Å²) in [5, 5.41) is 0. The highest BCUT2D eigenvalue weighted by Gasteiger charge is 2.56. The molecule has 1 heterocycles. The second-order valence-electron chi connectivity index (χ2n) is 7.45. The summed E-state index contributed by atoms with van der Waals surface area (Å²) in [5.41, 5.74) is 5.49. The molecule has 0 aromatic heterocycles. The van der Waals surface area contributed by atoms with Crippen molar-refractivity contribution < 1.29 is 9.59 Å². The predicted molar refractivity (Wildman–Crippen MR) is 69.9 cm³/mol. The van der Waals surface area contributed by atoms with Crippen molar-refractivity contribution in [3.8, 4) is 0 Å². The first-order valence-corrected chi connectivity index (χ1v) is 7.65. The fourth-order valence-corrected chi connectivity index (χ4v) is 5.75. The van der Waals surface area contributed by atoms with Crippen molar-refractivity contribution in [2.75, 3.05) is 6.54 Å². The van der Waals surface area contributed by atoms with Gasteiger partial charge in [-0.3, -0.25) is 9.59 Å². The Morgan fingerprint density at radius 3 is 2.05 bits per heavy atom. The molecule has 1 aliphatic heterocycles. The molecule has 0 unspecified atom stereocenters. The molecule has 104 valence electrons. The molecule has 4 aliphatic carbocycles. The number of primary amides is 1. The molecular formula is C15H22N2O2. The van der Waals surface area contributed by atoms with Gasteiger partial charge in [-0.05, 0) is 56.3 Å². The Hall–Kier alpha value is -1.06. The molecule has 0 aromatic carbocycles. The molecule has 5 fully saturated rings. The van der Waals surface area contributed by atoms with Crippen molar-refractivity contribution in [2.45, 2.75) is 50.5 Å². The van der Waals surface area contributed by atoms with E-state index in [9.17, 15) is 9.59 Å². The standard InChI is InChI=1S/C15H22N2O2/c16-14(19)12-4-13(18)17(8-12)15-5-9-1-10(6-15)3-11(2-9)7-15/h9-12H,1-8H2,(H2,16,19)/t9?,10?,11?,12-,15?/m1/s1. The number of nitrogens with two attached hydrogens (primary N) is 1. The van der Waals surface area contributed by atoms with Gasteiger partial charge in [0.2, 0.25) is 11.8 Å². The third kappa shape index (κ3) is 1.65. The van der Waals surface area contributed by atoms with Gasteiger partial charge in [-0.25, -0.2) is 0 Å². The van der Waals surface area contributed by atoms with Crippen LogP contribution >= 0.6 is 0 Å². The highest BCUT2D eigenvalue weighted by Crippen LogP contribution is 2.58. The van der Waals surface area contributed by atoms with E-state index in [-0.39, 0.29) is 23.3 Å². The van der Waals surface area contributed by atoms with Gasteiger partial charge >= 0.3 is 0 Å². The fourth-order valence-electron chi connectivity index (χ4n) is 5.75. The van der Waals surface area contributed by atoms with Gasteiger partial charge in [0.1, 0.15) is 0 Å². The van der Waals surface area contributed by atoms with E-state index in [0.29, 0.717) is 13.0 Å². The molecule has 0 spiro atoms. The zero-order chi connectivity index (χ0) is 13.2. The molecule has 4 nitrogen and oxygen atoms in total. The van der Waals surface area contributed by atoms with E-state index in [4.69, 9.17) is 5.73 Å². The van der Waals surface area contributed by atoms with Crippen molar-refractivity contribution >= 4 is 11.8 Å². The number of rotatable bonds is 2. The van der Waals surface area contributed by atoms with Gasteiger partial charge < -0.3 is 10.6 Å². The quantitative estimate of drug-likeness (QED) is 0.815. The van der Waals surface area contributed by atoms with Crippen LogP contribution in [-0.4, -0.2) is 28.8 Å². The molecule has 0 aromatic rings. The van der Waals surface area contributed by atoms with E-state index in [2.05, 4.69) is 4.90 Å². The van der Waals surface area contributed by atoms with Crippen LogP contribution in [0.1, 0.15) is 44.9 Å². The average molecular weight is 262 g/mol. The predicted octanol–water partition coefficient (Wildman–Crippen LogP) is 1.29. The normalized spacial score (nSPS) is 48.0. The smallest absolute Gasteiger partial charge is 0.223 e. The van der Waals surface area contributed by atoms with E-state index >= 15 is 0 Å². The molecular weight excluding hydrogens is 240 g/mol. The first kappa shape index (κ1) is 11.7. The van der Waals surface area contributed by atoms with Crippen LogP contribution in [0.2, 0.25) is 0 Å². The summed E-state index contributed by atoms with van der Waals surface area (Å²) < 4.78 is 0. The molecule has 2 amide bonds. The first-order chi connectivity index (χ1) is 9.06. The Labute approximate surface area is 113 Å². The number of amides is 2. The minimum Gasteiger partial charge on any atom is -0.369 e. The lowest BCUT2D eigenvalue weighted by molar-refractivity contribution is -0.145. The third-order valence-electron chi connectivity index (χ3n) is 6.11. The lowest BCUT2D eigenvalue weighted by Gasteiger charge is -2.59. The summed E-state index contributed by atoms with van der Waals surface area (Å²) in [5.74, 6) is 2.09. The lowest BCUT2D eigenvalue weighted by atomic mass is 9.52. The number of carbonyl (C=O) groups excluding carboxylic acids is 2. The Balaban J connectivity index is 1.62. The summed E-state index contributed by atoms with van der Waals surface area (Å²) in [6.07, 6.45) is 8.00.